The summed E-state index contributed by atoms with van der Waals surface area (Å²) in [6, 6.07) is 3.56. The van der Waals surface area contributed by atoms with Crippen LogP contribution < -0.4 is 0 Å². The quantitative estimate of drug-likeness (QED) is 0.711. The average molecular weight is 424 g/mol. The van der Waals surface area contributed by atoms with Crippen molar-refractivity contribution in [1.29, 1.82) is 5.41 Å². The van der Waals surface area contributed by atoms with Crippen molar-refractivity contribution in [2.45, 2.75) is 63.7 Å². The molecule has 8 heteroatoms. The van der Waals surface area contributed by atoms with Crippen molar-refractivity contribution >= 4 is 33.0 Å². The van der Waals surface area contributed by atoms with E-state index in [1.165, 1.54) is 16.8 Å². The molecule has 0 unspecified atom stereocenters. The first kappa shape index (κ1) is 21.2. The largest absolute Gasteiger partial charge is 0.507 e. The van der Waals surface area contributed by atoms with E-state index in [2.05, 4.69) is 46.6 Å². The molecular formula is C20H29N3O3S2. The summed E-state index contributed by atoms with van der Waals surface area (Å²) in [5.41, 5.74) is 2.03. The number of fused-ring (bicyclic) bond motifs is 1. The molecule has 1 aromatic rings. The van der Waals surface area contributed by atoms with E-state index in [4.69, 9.17) is 5.41 Å². The van der Waals surface area contributed by atoms with Crippen LogP contribution in [0.4, 0.5) is 0 Å². The summed E-state index contributed by atoms with van der Waals surface area (Å²) < 4.78 is 23.9. The van der Waals surface area contributed by atoms with Gasteiger partial charge in [0, 0.05) is 16.4 Å². The predicted molar refractivity (Wildman–Crippen MR) is 116 cm³/mol. The van der Waals surface area contributed by atoms with Gasteiger partial charge in [-0.15, -0.1) is 0 Å². The first-order chi connectivity index (χ1) is 12.7. The van der Waals surface area contributed by atoms with Crippen LogP contribution in [0.3, 0.4) is 0 Å². The Morgan fingerprint density at radius 1 is 1.14 bits per heavy atom. The van der Waals surface area contributed by atoms with Crippen molar-refractivity contribution in [3.05, 3.63) is 28.8 Å². The highest BCUT2D eigenvalue weighted by Gasteiger charge is 2.48. The Labute approximate surface area is 171 Å². The number of hydrazone groups is 1. The van der Waals surface area contributed by atoms with Gasteiger partial charge in [0.1, 0.15) is 5.75 Å². The minimum atomic E-state index is -3.07. The zero-order valence-corrected chi connectivity index (χ0v) is 18.9. The SMILES string of the molecule is CC(C)(C)c1cc(C=NN2C(=N)S[C@@H]3CS(=O)(=O)C[C@H]32)cc(C(C)(C)C)c1O. The molecule has 2 aliphatic heterocycles. The molecule has 1 aromatic carbocycles. The standard InChI is InChI=1S/C20H29N3O3S2/c1-19(2,3)13-7-12(8-14(17(13)24)20(4,5)6)9-22-23-15-10-28(25,26)11-16(15)27-18(23)21/h7-9,15-16,21,24H,10-11H2,1-6H3/t15-,16-/m1/s1. The second-order valence-corrected chi connectivity index (χ2v) is 13.0. The van der Waals surface area contributed by atoms with Crippen molar-refractivity contribution in [1.82, 2.24) is 5.01 Å². The molecule has 0 saturated carbocycles. The molecule has 3 rings (SSSR count). The number of amidine groups is 1. The smallest absolute Gasteiger partial charge is 0.177 e. The molecular weight excluding hydrogens is 394 g/mol. The first-order valence-electron chi connectivity index (χ1n) is 9.36. The van der Waals surface area contributed by atoms with Crippen LogP contribution in [0.1, 0.15) is 58.2 Å². The molecule has 2 fully saturated rings. The summed E-state index contributed by atoms with van der Waals surface area (Å²) in [5, 5.41) is 25.2. The number of benzene rings is 1. The summed E-state index contributed by atoms with van der Waals surface area (Å²) in [4.78, 5) is 0. The highest BCUT2D eigenvalue weighted by Crippen LogP contribution is 2.40. The van der Waals surface area contributed by atoms with Crippen LogP contribution in [0.25, 0.3) is 0 Å². The van der Waals surface area contributed by atoms with E-state index in [-0.39, 0.29) is 38.8 Å². The fourth-order valence-electron chi connectivity index (χ4n) is 3.63. The van der Waals surface area contributed by atoms with E-state index >= 15 is 0 Å². The molecule has 0 amide bonds. The molecule has 2 N–H and O–H groups in total. The molecule has 2 saturated heterocycles. The van der Waals surface area contributed by atoms with Gasteiger partial charge in [-0.3, -0.25) is 5.41 Å². The second-order valence-electron chi connectivity index (χ2n) is 9.66. The van der Waals surface area contributed by atoms with E-state index in [9.17, 15) is 13.5 Å². The van der Waals surface area contributed by atoms with Crippen molar-refractivity contribution in [3.63, 3.8) is 0 Å². The molecule has 2 aliphatic rings. The third-order valence-corrected chi connectivity index (χ3v) is 8.26. The zero-order valence-electron chi connectivity index (χ0n) is 17.3. The van der Waals surface area contributed by atoms with Gasteiger partial charge in [0.25, 0.3) is 0 Å². The lowest BCUT2D eigenvalue weighted by molar-refractivity contribution is 0.376. The molecule has 0 radical (unpaired) electrons. The molecule has 154 valence electrons. The maximum absolute atomic E-state index is 11.9. The third kappa shape index (κ3) is 4.08. The molecule has 6 nitrogen and oxygen atoms in total. The lowest BCUT2D eigenvalue weighted by Gasteiger charge is -2.28. The number of nitrogens with zero attached hydrogens (tertiary/aromatic N) is 2. The Morgan fingerprint density at radius 3 is 2.18 bits per heavy atom. The van der Waals surface area contributed by atoms with E-state index in [1.807, 2.05) is 12.1 Å². The summed E-state index contributed by atoms with van der Waals surface area (Å²) in [6.07, 6.45) is 1.67. The van der Waals surface area contributed by atoms with Gasteiger partial charge in [-0.25, -0.2) is 13.4 Å². The summed E-state index contributed by atoms with van der Waals surface area (Å²) in [6.45, 7) is 12.3. The van der Waals surface area contributed by atoms with Crippen LogP contribution in [0, 0.1) is 5.41 Å². The Hall–Kier alpha value is -1.54. The monoisotopic (exact) mass is 423 g/mol. The van der Waals surface area contributed by atoms with Gasteiger partial charge in [-0.05, 0) is 28.5 Å². The lowest BCUT2D eigenvalue weighted by atomic mass is 9.78. The van der Waals surface area contributed by atoms with Gasteiger partial charge < -0.3 is 5.11 Å². The van der Waals surface area contributed by atoms with E-state index in [1.54, 1.807) is 6.21 Å². The number of rotatable bonds is 2. The van der Waals surface area contributed by atoms with Gasteiger partial charge in [-0.1, -0.05) is 53.3 Å². The molecule has 0 aromatic heterocycles. The average Bonchev–Trinajstić information content (AvgIpc) is 2.94. The van der Waals surface area contributed by atoms with Crippen molar-refractivity contribution in [2.24, 2.45) is 5.10 Å². The number of hydrogen-bond donors (Lipinski definition) is 2. The topological polar surface area (TPSA) is 93.8 Å². The number of hydrogen-bond acceptors (Lipinski definition) is 6. The summed E-state index contributed by atoms with van der Waals surface area (Å²) in [5.74, 6) is 0.460. The highest BCUT2D eigenvalue weighted by atomic mass is 32.2. The molecule has 0 bridgehead atoms. The highest BCUT2D eigenvalue weighted by molar-refractivity contribution is 8.15. The summed E-state index contributed by atoms with van der Waals surface area (Å²) >= 11 is 1.28. The van der Waals surface area contributed by atoms with Gasteiger partial charge in [-0.2, -0.15) is 5.10 Å². The zero-order chi connectivity index (χ0) is 21.1. The number of aromatic hydroxyl groups is 1. The normalized spacial score (nSPS) is 24.9. The Balaban J connectivity index is 1.99. The first-order valence-corrected chi connectivity index (χ1v) is 12.1. The molecule has 0 spiro atoms. The van der Waals surface area contributed by atoms with E-state index in [0.29, 0.717) is 5.75 Å². The Morgan fingerprint density at radius 2 is 1.68 bits per heavy atom. The van der Waals surface area contributed by atoms with Crippen molar-refractivity contribution in [2.75, 3.05) is 11.5 Å². The number of sulfone groups is 1. The maximum atomic E-state index is 11.9. The van der Waals surface area contributed by atoms with Crippen LogP contribution in [-0.4, -0.2) is 52.7 Å². The van der Waals surface area contributed by atoms with Gasteiger partial charge in [0.05, 0.1) is 23.8 Å². The minimum Gasteiger partial charge on any atom is -0.507 e. The molecule has 2 atom stereocenters. The number of thioether (sulfide) groups is 1. The Bertz CT molecular complexity index is 905. The number of nitrogens with one attached hydrogen (secondary N) is 1. The predicted octanol–water partition coefficient (Wildman–Crippen LogP) is 3.47. The van der Waals surface area contributed by atoms with Crippen LogP contribution in [0.15, 0.2) is 17.2 Å². The van der Waals surface area contributed by atoms with Crippen LogP contribution >= 0.6 is 11.8 Å². The van der Waals surface area contributed by atoms with E-state index < -0.39 is 9.84 Å². The number of phenols is 1. The van der Waals surface area contributed by atoms with Gasteiger partial charge in [0.2, 0.25) is 0 Å². The maximum Gasteiger partial charge on any atom is 0.177 e. The fraction of sp³-hybridized carbons (Fsp3) is 0.600. The van der Waals surface area contributed by atoms with Gasteiger partial charge >= 0.3 is 0 Å². The lowest BCUT2D eigenvalue weighted by Crippen LogP contribution is -2.32. The number of phenolic OH excluding ortho intramolecular Hbond substituents is 1. The van der Waals surface area contributed by atoms with Crippen LogP contribution in [-0.2, 0) is 20.7 Å². The van der Waals surface area contributed by atoms with Crippen LogP contribution in [0.2, 0.25) is 0 Å². The second kappa shape index (κ2) is 6.76. The van der Waals surface area contributed by atoms with Gasteiger partial charge in [0.15, 0.2) is 15.0 Å². The minimum absolute atomic E-state index is 0.0421. The van der Waals surface area contributed by atoms with Crippen molar-refractivity contribution < 1.29 is 13.5 Å². The third-order valence-electron chi connectivity index (χ3n) is 5.14. The summed E-state index contributed by atoms with van der Waals surface area (Å²) in [7, 11) is -3.07. The molecule has 0 aliphatic carbocycles. The van der Waals surface area contributed by atoms with Crippen molar-refractivity contribution in [3.8, 4) is 5.75 Å². The Kier molecular flexibility index (Phi) is 5.11. The van der Waals surface area contributed by atoms with Crippen LogP contribution in [0.5, 0.6) is 5.75 Å². The molecule has 28 heavy (non-hydrogen) atoms. The fourth-order valence-corrected chi connectivity index (χ4v) is 7.34. The van der Waals surface area contributed by atoms with E-state index in [0.717, 1.165) is 16.7 Å². The molecule has 2 heterocycles.